The Morgan fingerprint density at radius 2 is 1.51 bits per heavy atom. The molecule has 1 unspecified atom stereocenters. The molecular weight excluding hydrogens is 504 g/mol. The molecule has 2 amide bonds. The van der Waals surface area contributed by atoms with Crippen molar-refractivity contribution in [1.82, 2.24) is 4.90 Å². The van der Waals surface area contributed by atoms with E-state index in [0.717, 1.165) is 11.1 Å². The Balaban J connectivity index is 1.86. The topological polar surface area (TPSA) is 105 Å². The fourth-order valence-electron chi connectivity index (χ4n) is 4.19. The largest absolute Gasteiger partial charge is 0.495 e. The van der Waals surface area contributed by atoms with Crippen molar-refractivity contribution in [2.45, 2.75) is 52.0 Å². The van der Waals surface area contributed by atoms with E-state index in [1.165, 1.54) is 12.0 Å². The van der Waals surface area contributed by atoms with Gasteiger partial charge in [-0.3, -0.25) is 9.69 Å². The molecular formula is C29H38N2O8. The summed E-state index contributed by atoms with van der Waals surface area (Å²) in [5, 5.41) is 2.90. The van der Waals surface area contributed by atoms with Crippen LogP contribution in [0, 0.1) is 0 Å². The minimum Gasteiger partial charge on any atom is -0.495 e. The van der Waals surface area contributed by atoms with Gasteiger partial charge in [-0.25, -0.2) is 4.79 Å². The normalized spacial score (nSPS) is 16.6. The van der Waals surface area contributed by atoms with E-state index in [1.54, 1.807) is 68.1 Å². The third-order valence-electron chi connectivity index (χ3n) is 6.02. The van der Waals surface area contributed by atoms with Gasteiger partial charge in [0.2, 0.25) is 11.7 Å². The van der Waals surface area contributed by atoms with Crippen LogP contribution in [-0.2, 0) is 14.3 Å². The van der Waals surface area contributed by atoms with Crippen LogP contribution in [0.2, 0.25) is 0 Å². The number of carbonyl (C=O) groups is 2. The summed E-state index contributed by atoms with van der Waals surface area (Å²) in [4.78, 5) is 27.7. The Morgan fingerprint density at radius 3 is 2.05 bits per heavy atom. The van der Waals surface area contributed by atoms with Gasteiger partial charge in [0.25, 0.3) is 0 Å². The molecule has 3 rings (SSSR count). The van der Waals surface area contributed by atoms with Crippen LogP contribution in [0.3, 0.4) is 0 Å². The van der Waals surface area contributed by atoms with Crippen molar-refractivity contribution < 1.29 is 38.0 Å². The van der Waals surface area contributed by atoms with E-state index >= 15 is 0 Å². The van der Waals surface area contributed by atoms with Gasteiger partial charge in [0.1, 0.15) is 23.1 Å². The van der Waals surface area contributed by atoms with E-state index < -0.39 is 29.4 Å². The second-order valence-electron chi connectivity index (χ2n) is 10.4. The number of carbonyl (C=O) groups excluding carboxylic acids is 2. The van der Waals surface area contributed by atoms with Gasteiger partial charge in [0, 0.05) is 0 Å². The quantitative estimate of drug-likeness (QED) is 0.454. The number of hydrogen-bond donors (Lipinski definition) is 1. The van der Waals surface area contributed by atoms with Gasteiger partial charge in [-0.1, -0.05) is 18.2 Å². The zero-order valence-corrected chi connectivity index (χ0v) is 24.0. The second-order valence-corrected chi connectivity index (χ2v) is 10.4. The third-order valence-corrected chi connectivity index (χ3v) is 6.02. The number of nitrogens with zero attached hydrogens (tertiary/aromatic N) is 1. The van der Waals surface area contributed by atoms with E-state index in [2.05, 4.69) is 5.32 Å². The lowest BCUT2D eigenvalue weighted by Gasteiger charge is -2.34. The van der Waals surface area contributed by atoms with Crippen molar-refractivity contribution in [2.75, 3.05) is 40.4 Å². The fourth-order valence-corrected chi connectivity index (χ4v) is 4.19. The van der Waals surface area contributed by atoms with E-state index in [0.29, 0.717) is 28.7 Å². The summed E-state index contributed by atoms with van der Waals surface area (Å²) in [5.41, 5.74) is 0.331. The molecule has 0 spiro atoms. The van der Waals surface area contributed by atoms with Crippen LogP contribution in [0.4, 0.5) is 10.5 Å². The van der Waals surface area contributed by atoms with Gasteiger partial charge >= 0.3 is 6.09 Å². The van der Waals surface area contributed by atoms with Gasteiger partial charge in [-0.2, -0.15) is 0 Å². The Kier molecular flexibility index (Phi) is 9.01. The zero-order valence-electron chi connectivity index (χ0n) is 24.0. The van der Waals surface area contributed by atoms with Crippen LogP contribution in [0.15, 0.2) is 30.3 Å². The standard InChI is InChI=1S/C29H38N2O8/c1-28(2,3)39-27(33)31-21(17-38-29(31,4)5)26(32)30-20-14-18(12-13-22(20)34-6)10-11-19-15-23(35-7)25(37-9)24(16-19)36-8/h10-16,21H,17H2,1-9H3,(H,30,32). The molecule has 2 aromatic carbocycles. The summed E-state index contributed by atoms with van der Waals surface area (Å²) in [7, 11) is 6.19. The van der Waals surface area contributed by atoms with Crippen LogP contribution in [0.5, 0.6) is 23.0 Å². The summed E-state index contributed by atoms with van der Waals surface area (Å²) in [6.45, 7) is 8.78. The van der Waals surface area contributed by atoms with Crippen LogP contribution in [0.25, 0.3) is 12.2 Å². The van der Waals surface area contributed by atoms with Crippen molar-refractivity contribution in [3.63, 3.8) is 0 Å². The first-order valence-electron chi connectivity index (χ1n) is 12.5. The van der Waals surface area contributed by atoms with Crippen LogP contribution in [0.1, 0.15) is 45.7 Å². The Morgan fingerprint density at radius 1 is 0.923 bits per heavy atom. The molecule has 1 atom stereocenters. The molecule has 1 fully saturated rings. The van der Waals surface area contributed by atoms with Crippen LogP contribution >= 0.6 is 0 Å². The number of hydrogen-bond acceptors (Lipinski definition) is 8. The highest BCUT2D eigenvalue weighted by atomic mass is 16.6. The number of amides is 2. The first kappa shape index (κ1) is 29.6. The minimum absolute atomic E-state index is 0.0289. The maximum Gasteiger partial charge on any atom is 0.413 e. The van der Waals surface area contributed by atoms with E-state index in [9.17, 15) is 9.59 Å². The molecule has 1 heterocycles. The molecule has 10 nitrogen and oxygen atoms in total. The number of anilines is 1. The second kappa shape index (κ2) is 11.9. The smallest absolute Gasteiger partial charge is 0.413 e. The molecule has 0 aliphatic carbocycles. The molecule has 1 aliphatic heterocycles. The summed E-state index contributed by atoms with van der Waals surface area (Å²) in [6.07, 6.45) is 3.14. The third kappa shape index (κ3) is 6.94. The molecule has 0 aromatic heterocycles. The Bertz CT molecular complexity index is 1210. The summed E-state index contributed by atoms with van der Waals surface area (Å²) < 4.78 is 33.0. The lowest BCUT2D eigenvalue weighted by molar-refractivity contribution is -0.121. The monoisotopic (exact) mass is 542 g/mol. The van der Waals surface area contributed by atoms with Crippen molar-refractivity contribution in [3.05, 3.63) is 41.5 Å². The van der Waals surface area contributed by atoms with Crippen LogP contribution < -0.4 is 24.3 Å². The van der Waals surface area contributed by atoms with E-state index in [4.69, 9.17) is 28.4 Å². The van der Waals surface area contributed by atoms with Gasteiger partial charge < -0.3 is 33.7 Å². The average Bonchev–Trinajstić information content (AvgIpc) is 3.20. The van der Waals surface area contributed by atoms with E-state index in [1.807, 2.05) is 30.4 Å². The zero-order chi connectivity index (χ0) is 29.0. The summed E-state index contributed by atoms with van der Waals surface area (Å²) in [5.74, 6) is 1.63. The highest BCUT2D eigenvalue weighted by Gasteiger charge is 2.48. The van der Waals surface area contributed by atoms with Gasteiger partial charge in [-0.15, -0.1) is 0 Å². The van der Waals surface area contributed by atoms with E-state index in [-0.39, 0.29) is 6.61 Å². The first-order valence-corrected chi connectivity index (χ1v) is 12.5. The molecule has 1 saturated heterocycles. The molecule has 212 valence electrons. The van der Waals surface area contributed by atoms with Crippen molar-refractivity contribution in [1.29, 1.82) is 0 Å². The van der Waals surface area contributed by atoms with Crippen molar-refractivity contribution >= 4 is 29.8 Å². The molecule has 2 aromatic rings. The van der Waals surface area contributed by atoms with Gasteiger partial charge in [0.15, 0.2) is 11.5 Å². The SMILES string of the molecule is COc1ccc(C=Cc2cc(OC)c(OC)c(OC)c2)cc1NC(=O)C1COC(C)(C)N1C(=O)OC(C)(C)C. The molecule has 1 aliphatic rings. The summed E-state index contributed by atoms with van der Waals surface area (Å²) >= 11 is 0. The first-order chi connectivity index (χ1) is 18.3. The highest BCUT2D eigenvalue weighted by molar-refractivity contribution is 5.98. The molecule has 0 bridgehead atoms. The lowest BCUT2D eigenvalue weighted by atomic mass is 10.1. The Hall–Kier alpha value is -3.92. The molecule has 1 N–H and O–H groups in total. The number of methoxy groups -OCH3 is 4. The van der Waals surface area contributed by atoms with Gasteiger partial charge in [-0.05, 0) is 70.0 Å². The van der Waals surface area contributed by atoms with Gasteiger partial charge in [0.05, 0.1) is 40.7 Å². The number of benzene rings is 2. The number of nitrogens with one attached hydrogen (secondary N) is 1. The average molecular weight is 543 g/mol. The highest BCUT2D eigenvalue weighted by Crippen LogP contribution is 2.39. The predicted molar refractivity (Wildman–Crippen MR) is 149 cm³/mol. The number of rotatable bonds is 8. The maximum absolute atomic E-state index is 13.4. The van der Waals surface area contributed by atoms with Crippen LogP contribution in [-0.4, -0.2) is 69.3 Å². The molecule has 10 heteroatoms. The molecule has 0 saturated carbocycles. The van der Waals surface area contributed by atoms with Crippen molar-refractivity contribution in [3.8, 4) is 23.0 Å². The number of ether oxygens (including phenoxy) is 6. The minimum atomic E-state index is -1.01. The fraction of sp³-hybridized carbons (Fsp3) is 0.448. The molecule has 0 radical (unpaired) electrons. The summed E-state index contributed by atoms with van der Waals surface area (Å²) in [6, 6.07) is 8.17. The van der Waals surface area contributed by atoms with Crippen molar-refractivity contribution in [2.24, 2.45) is 0 Å². The maximum atomic E-state index is 13.4. The lowest BCUT2D eigenvalue weighted by Crippen LogP contribution is -2.53. The molecule has 39 heavy (non-hydrogen) atoms. The Labute approximate surface area is 229 Å². The predicted octanol–water partition coefficient (Wildman–Crippen LogP) is 5.20.